The van der Waals surface area contributed by atoms with Gasteiger partial charge in [0, 0.05) is 18.2 Å². The summed E-state index contributed by atoms with van der Waals surface area (Å²) >= 11 is 1.39. The zero-order valence-electron chi connectivity index (χ0n) is 15.7. The smallest absolute Gasteiger partial charge is 0.230 e. The zero-order valence-corrected chi connectivity index (χ0v) is 16.5. The van der Waals surface area contributed by atoms with Gasteiger partial charge in [-0.3, -0.25) is 4.79 Å². The van der Waals surface area contributed by atoms with Crippen LogP contribution in [0.1, 0.15) is 56.6 Å². The van der Waals surface area contributed by atoms with Crippen molar-refractivity contribution in [3.05, 3.63) is 47.8 Å². The van der Waals surface area contributed by atoms with E-state index in [9.17, 15) is 4.79 Å². The Morgan fingerprint density at radius 3 is 2.71 bits per heavy atom. The van der Waals surface area contributed by atoms with Crippen LogP contribution in [0.15, 0.2) is 42.1 Å². The first kappa shape index (κ1) is 18.7. The average molecular weight is 397 g/mol. The maximum absolute atomic E-state index is 12.2. The molecule has 28 heavy (non-hydrogen) atoms. The van der Waals surface area contributed by atoms with Gasteiger partial charge in [-0.25, -0.2) is 0 Å². The van der Waals surface area contributed by atoms with Gasteiger partial charge in [0.15, 0.2) is 0 Å². The van der Waals surface area contributed by atoms with E-state index in [1.165, 1.54) is 11.3 Å². The lowest BCUT2D eigenvalue weighted by Crippen LogP contribution is -2.25. The van der Waals surface area contributed by atoms with Crippen LogP contribution in [-0.2, 0) is 4.79 Å². The summed E-state index contributed by atoms with van der Waals surface area (Å²) in [6.45, 7) is 0. The van der Waals surface area contributed by atoms with E-state index >= 15 is 0 Å². The zero-order chi connectivity index (χ0) is 19.2. The summed E-state index contributed by atoms with van der Waals surface area (Å²) in [5.41, 5.74) is 2.15. The quantitative estimate of drug-likeness (QED) is 0.764. The summed E-state index contributed by atoms with van der Waals surface area (Å²) in [5.74, 6) is 0.434. The van der Waals surface area contributed by atoms with Crippen LogP contribution in [0.2, 0.25) is 0 Å². The lowest BCUT2D eigenvalue weighted by Gasteiger charge is -2.28. The normalized spacial score (nSPS) is 21.8. The monoisotopic (exact) mass is 396 g/mol. The van der Waals surface area contributed by atoms with Gasteiger partial charge >= 0.3 is 0 Å². The van der Waals surface area contributed by atoms with E-state index in [0.29, 0.717) is 23.5 Å². The molecule has 0 atom stereocenters. The lowest BCUT2D eigenvalue weighted by molar-refractivity contribution is -0.115. The molecule has 2 aromatic rings. The Morgan fingerprint density at radius 2 is 1.96 bits per heavy atom. The molecule has 2 heterocycles. The van der Waals surface area contributed by atoms with Crippen LogP contribution in [-0.4, -0.2) is 32.3 Å². The maximum atomic E-state index is 12.2. The van der Waals surface area contributed by atoms with Crippen molar-refractivity contribution < 1.29 is 4.79 Å². The topological polar surface area (TPSA) is 92.7 Å². The minimum atomic E-state index is -0.0509. The minimum absolute atomic E-state index is 0.0509. The predicted molar refractivity (Wildman–Crippen MR) is 110 cm³/mol. The standard InChI is InChI=1S/C20H24N6OS/c27-18(13-14-5-2-1-3-6-14)23-20-26-25-19(28-20)22-16-10-8-15(9-11-16)17-7-4-12-21-24-17/h2,4-7,12,15-16H,1,3,8-11,13H2,(H,22,25)(H,23,26,27). The maximum Gasteiger partial charge on any atom is 0.230 e. The molecular weight excluding hydrogens is 372 g/mol. The molecule has 0 bridgehead atoms. The number of hydrogen-bond acceptors (Lipinski definition) is 7. The van der Waals surface area contributed by atoms with Crippen molar-refractivity contribution in [1.29, 1.82) is 0 Å². The molecule has 0 spiro atoms. The van der Waals surface area contributed by atoms with Gasteiger partial charge < -0.3 is 10.6 Å². The molecule has 0 aromatic carbocycles. The van der Waals surface area contributed by atoms with Gasteiger partial charge in [-0.2, -0.15) is 10.2 Å². The van der Waals surface area contributed by atoms with Gasteiger partial charge in [0.05, 0.1) is 12.1 Å². The largest absolute Gasteiger partial charge is 0.357 e. The second-order valence-corrected chi connectivity index (χ2v) is 8.22. The van der Waals surface area contributed by atoms with Crippen molar-refractivity contribution >= 4 is 27.5 Å². The Bertz CT molecular complexity index is 855. The Labute approximate surface area is 168 Å². The first-order valence-electron chi connectivity index (χ1n) is 9.79. The fraction of sp³-hybridized carbons (Fsp3) is 0.450. The minimum Gasteiger partial charge on any atom is -0.357 e. The van der Waals surface area contributed by atoms with Gasteiger partial charge in [0.25, 0.3) is 0 Å². The van der Waals surface area contributed by atoms with E-state index in [-0.39, 0.29) is 5.91 Å². The van der Waals surface area contributed by atoms with Crippen LogP contribution in [0.5, 0.6) is 0 Å². The SMILES string of the molecule is O=C(CC1=CCCC=C1)Nc1nnc(NC2CCC(c3cccnn3)CC2)s1. The number of allylic oxidation sites excluding steroid dienone is 3. The molecular formula is C20H24N6OS. The Morgan fingerprint density at radius 1 is 1.11 bits per heavy atom. The third-order valence-electron chi connectivity index (χ3n) is 5.17. The average Bonchev–Trinajstić information content (AvgIpc) is 3.16. The van der Waals surface area contributed by atoms with Crippen molar-refractivity contribution in [2.24, 2.45) is 0 Å². The van der Waals surface area contributed by atoms with E-state index in [2.05, 4.69) is 49.2 Å². The van der Waals surface area contributed by atoms with Crippen molar-refractivity contribution in [1.82, 2.24) is 20.4 Å². The van der Waals surface area contributed by atoms with Crippen LogP contribution in [0.4, 0.5) is 10.3 Å². The van der Waals surface area contributed by atoms with Crippen molar-refractivity contribution in [2.75, 3.05) is 10.6 Å². The molecule has 2 aromatic heterocycles. The summed E-state index contributed by atoms with van der Waals surface area (Å²) in [6.07, 6.45) is 14.7. The number of nitrogens with one attached hydrogen (secondary N) is 2. The van der Waals surface area contributed by atoms with E-state index in [1.807, 2.05) is 12.1 Å². The Hall–Kier alpha value is -2.61. The van der Waals surface area contributed by atoms with Crippen LogP contribution in [0.3, 0.4) is 0 Å². The molecule has 2 aliphatic rings. The highest BCUT2D eigenvalue weighted by Crippen LogP contribution is 2.33. The molecule has 0 unspecified atom stereocenters. The highest BCUT2D eigenvalue weighted by Gasteiger charge is 2.24. The molecule has 7 nitrogen and oxygen atoms in total. The molecule has 1 saturated carbocycles. The van der Waals surface area contributed by atoms with Gasteiger partial charge in [-0.05, 0) is 56.2 Å². The Kier molecular flexibility index (Phi) is 6.06. The summed E-state index contributed by atoms with van der Waals surface area (Å²) < 4.78 is 0. The van der Waals surface area contributed by atoms with E-state index < -0.39 is 0 Å². The number of hydrogen-bond donors (Lipinski definition) is 2. The molecule has 0 radical (unpaired) electrons. The van der Waals surface area contributed by atoms with Crippen LogP contribution < -0.4 is 10.6 Å². The molecule has 146 valence electrons. The number of nitrogens with zero attached hydrogens (tertiary/aromatic N) is 4. The van der Waals surface area contributed by atoms with Gasteiger partial charge in [-0.15, -0.1) is 10.2 Å². The first-order chi connectivity index (χ1) is 13.8. The summed E-state index contributed by atoms with van der Waals surface area (Å²) in [6, 6.07) is 4.39. The number of carbonyl (C=O) groups is 1. The molecule has 1 fully saturated rings. The molecule has 4 rings (SSSR count). The Balaban J connectivity index is 1.24. The summed E-state index contributed by atoms with van der Waals surface area (Å²) in [5, 5.41) is 24.1. The van der Waals surface area contributed by atoms with Crippen molar-refractivity contribution in [3.63, 3.8) is 0 Å². The van der Waals surface area contributed by atoms with E-state index in [4.69, 9.17) is 0 Å². The lowest BCUT2D eigenvalue weighted by atomic mass is 9.84. The molecule has 0 aliphatic heterocycles. The fourth-order valence-corrected chi connectivity index (χ4v) is 4.46. The van der Waals surface area contributed by atoms with Gasteiger partial charge in [-0.1, -0.05) is 29.6 Å². The fourth-order valence-electron chi connectivity index (χ4n) is 3.72. The number of amides is 1. The van der Waals surface area contributed by atoms with Gasteiger partial charge in [0.1, 0.15) is 0 Å². The third-order valence-corrected chi connectivity index (χ3v) is 5.94. The molecule has 0 saturated heterocycles. The molecule has 2 aliphatic carbocycles. The summed E-state index contributed by atoms with van der Waals surface area (Å²) in [4.78, 5) is 12.2. The molecule has 2 N–H and O–H groups in total. The van der Waals surface area contributed by atoms with Gasteiger partial charge in [0.2, 0.25) is 16.2 Å². The van der Waals surface area contributed by atoms with Crippen molar-refractivity contribution in [3.8, 4) is 0 Å². The second kappa shape index (κ2) is 9.05. The number of aromatic nitrogens is 4. The van der Waals surface area contributed by atoms with Crippen LogP contribution in [0.25, 0.3) is 0 Å². The first-order valence-corrected chi connectivity index (χ1v) is 10.6. The van der Waals surface area contributed by atoms with E-state index in [1.54, 1.807) is 6.20 Å². The highest BCUT2D eigenvalue weighted by atomic mass is 32.1. The molecule has 1 amide bonds. The van der Waals surface area contributed by atoms with Crippen molar-refractivity contribution in [2.45, 2.75) is 56.9 Å². The van der Waals surface area contributed by atoms with Crippen LogP contribution >= 0.6 is 11.3 Å². The van der Waals surface area contributed by atoms with Crippen LogP contribution in [0, 0.1) is 0 Å². The second-order valence-electron chi connectivity index (χ2n) is 7.24. The number of carbonyl (C=O) groups excluding carboxylic acids is 1. The number of anilines is 2. The number of rotatable bonds is 6. The van der Waals surface area contributed by atoms with E-state index in [0.717, 1.165) is 54.9 Å². The molecule has 8 heteroatoms. The third kappa shape index (κ3) is 5.01. The highest BCUT2D eigenvalue weighted by molar-refractivity contribution is 7.19. The predicted octanol–water partition coefficient (Wildman–Crippen LogP) is 4.07. The summed E-state index contributed by atoms with van der Waals surface area (Å²) in [7, 11) is 0.